The third kappa shape index (κ3) is 3.41. The highest BCUT2D eigenvalue weighted by Gasteiger charge is 2.40. The van der Waals surface area contributed by atoms with Crippen LogP contribution in [-0.4, -0.2) is 33.9 Å². The van der Waals surface area contributed by atoms with Crippen LogP contribution in [0.1, 0.15) is 12.0 Å². The van der Waals surface area contributed by atoms with Crippen LogP contribution in [0.4, 0.5) is 18.9 Å². The van der Waals surface area contributed by atoms with Gasteiger partial charge in [0.25, 0.3) is 0 Å². The molecule has 118 valence electrons. The molecular weight excluding hydrogens is 323 g/mol. The second-order valence-corrected chi connectivity index (χ2v) is 5.70. The van der Waals surface area contributed by atoms with Gasteiger partial charge in [-0.2, -0.15) is 13.2 Å². The molecule has 0 aliphatic carbocycles. The molecule has 0 bridgehead atoms. The van der Waals surface area contributed by atoms with Crippen LogP contribution < -0.4 is 4.90 Å². The minimum Gasteiger partial charge on any atom is -0.481 e. The standard InChI is InChI=1S/C13H10F3NO4S/c14-13(15,16)7-1-3-8(4-2-7)17-10(18)5-9(12(17)21)22-6-11(19)20/h1-4,9H,5-6H2,(H,19,20). The number of carbonyl (C=O) groups excluding carboxylic acids is 2. The summed E-state index contributed by atoms with van der Waals surface area (Å²) in [5, 5.41) is 7.75. The van der Waals surface area contributed by atoms with E-state index in [9.17, 15) is 27.6 Å². The lowest BCUT2D eigenvalue weighted by Gasteiger charge is -2.15. The number of anilines is 1. The maximum absolute atomic E-state index is 12.5. The summed E-state index contributed by atoms with van der Waals surface area (Å²) < 4.78 is 37.4. The molecule has 22 heavy (non-hydrogen) atoms. The van der Waals surface area contributed by atoms with Gasteiger partial charge < -0.3 is 5.11 Å². The van der Waals surface area contributed by atoms with Crippen molar-refractivity contribution in [1.82, 2.24) is 0 Å². The highest BCUT2D eigenvalue weighted by molar-refractivity contribution is 8.01. The van der Waals surface area contributed by atoms with E-state index in [-0.39, 0.29) is 17.9 Å². The Balaban J connectivity index is 2.16. The van der Waals surface area contributed by atoms with Gasteiger partial charge in [0.05, 0.1) is 22.3 Å². The summed E-state index contributed by atoms with van der Waals surface area (Å²) in [5.41, 5.74) is -0.839. The molecule has 1 aromatic carbocycles. The molecule has 2 rings (SSSR count). The van der Waals surface area contributed by atoms with Crippen molar-refractivity contribution in [3.8, 4) is 0 Å². The van der Waals surface area contributed by atoms with Gasteiger partial charge >= 0.3 is 12.1 Å². The monoisotopic (exact) mass is 333 g/mol. The Morgan fingerprint density at radius 1 is 1.27 bits per heavy atom. The van der Waals surface area contributed by atoms with Crippen LogP contribution >= 0.6 is 11.8 Å². The number of carboxylic acid groups (broad SMARTS) is 1. The number of halogens is 3. The Morgan fingerprint density at radius 3 is 2.36 bits per heavy atom. The number of thioether (sulfide) groups is 1. The van der Waals surface area contributed by atoms with Gasteiger partial charge in [-0.25, -0.2) is 4.90 Å². The van der Waals surface area contributed by atoms with Crippen LogP contribution in [0.5, 0.6) is 0 Å². The van der Waals surface area contributed by atoms with Gasteiger partial charge in [0, 0.05) is 6.42 Å². The van der Waals surface area contributed by atoms with Gasteiger partial charge in [-0.3, -0.25) is 14.4 Å². The van der Waals surface area contributed by atoms with Crippen molar-refractivity contribution in [1.29, 1.82) is 0 Å². The second kappa shape index (κ2) is 5.99. The van der Waals surface area contributed by atoms with Crippen LogP contribution in [-0.2, 0) is 20.6 Å². The summed E-state index contributed by atoms with van der Waals surface area (Å²) in [4.78, 5) is 35.2. The van der Waals surface area contributed by atoms with Gasteiger partial charge in [-0.05, 0) is 24.3 Å². The fourth-order valence-corrected chi connectivity index (χ4v) is 2.83. The van der Waals surface area contributed by atoms with Gasteiger partial charge in [0.2, 0.25) is 11.8 Å². The predicted molar refractivity (Wildman–Crippen MR) is 72.4 cm³/mol. The van der Waals surface area contributed by atoms with E-state index in [1.54, 1.807) is 0 Å². The van der Waals surface area contributed by atoms with Crippen molar-refractivity contribution in [2.24, 2.45) is 0 Å². The molecule has 5 nitrogen and oxygen atoms in total. The van der Waals surface area contributed by atoms with Crippen LogP contribution in [0.25, 0.3) is 0 Å². The molecule has 1 aromatic rings. The van der Waals surface area contributed by atoms with Crippen molar-refractivity contribution in [2.75, 3.05) is 10.7 Å². The molecule has 0 radical (unpaired) electrons. The summed E-state index contributed by atoms with van der Waals surface area (Å²) in [7, 11) is 0. The number of benzene rings is 1. The first-order chi connectivity index (χ1) is 10.2. The molecule has 1 aliphatic heterocycles. The molecule has 1 N–H and O–H groups in total. The SMILES string of the molecule is O=C(O)CSC1CC(=O)N(c2ccc(C(F)(F)F)cc2)C1=O. The lowest BCUT2D eigenvalue weighted by Crippen LogP contribution is -2.31. The normalized spacial score (nSPS) is 18.9. The van der Waals surface area contributed by atoms with E-state index in [1.165, 1.54) is 0 Å². The van der Waals surface area contributed by atoms with Crippen molar-refractivity contribution >= 4 is 35.2 Å². The predicted octanol–water partition coefficient (Wildman–Crippen LogP) is 2.16. The molecular formula is C13H10F3NO4S. The lowest BCUT2D eigenvalue weighted by molar-refractivity contribution is -0.137. The third-order valence-corrected chi connectivity index (χ3v) is 4.15. The number of rotatable bonds is 4. The number of aliphatic carboxylic acids is 1. The maximum Gasteiger partial charge on any atom is 0.416 e. The fourth-order valence-electron chi connectivity index (χ4n) is 1.98. The Hall–Kier alpha value is -2.03. The number of nitrogens with zero attached hydrogens (tertiary/aromatic N) is 1. The summed E-state index contributed by atoms with van der Waals surface area (Å²) >= 11 is 0.818. The van der Waals surface area contributed by atoms with E-state index < -0.39 is 34.8 Å². The molecule has 0 saturated carbocycles. The van der Waals surface area contributed by atoms with Crippen LogP contribution in [0.2, 0.25) is 0 Å². The van der Waals surface area contributed by atoms with E-state index in [1.807, 2.05) is 0 Å². The molecule has 0 spiro atoms. The zero-order chi connectivity index (χ0) is 16.5. The maximum atomic E-state index is 12.5. The molecule has 1 saturated heterocycles. The van der Waals surface area contributed by atoms with Crippen molar-refractivity contribution in [2.45, 2.75) is 17.8 Å². The number of alkyl halides is 3. The van der Waals surface area contributed by atoms with Gasteiger partial charge in [0.15, 0.2) is 0 Å². The van der Waals surface area contributed by atoms with E-state index in [4.69, 9.17) is 5.11 Å². The van der Waals surface area contributed by atoms with E-state index in [0.29, 0.717) is 0 Å². The highest BCUT2D eigenvalue weighted by Crippen LogP contribution is 2.33. The second-order valence-electron chi connectivity index (χ2n) is 4.51. The first-order valence-electron chi connectivity index (χ1n) is 6.07. The number of carboxylic acids is 1. The molecule has 1 atom stereocenters. The number of carbonyl (C=O) groups is 3. The fraction of sp³-hybridized carbons (Fsp3) is 0.308. The first-order valence-corrected chi connectivity index (χ1v) is 7.12. The minimum atomic E-state index is -4.50. The van der Waals surface area contributed by atoms with Crippen LogP contribution in [0.3, 0.4) is 0 Å². The smallest absolute Gasteiger partial charge is 0.416 e. The molecule has 9 heteroatoms. The Bertz CT molecular complexity index is 615. The average Bonchev–Trinajstić information content (AvgIpc) is 2.70. The summed E-state index contributed by atoms with van der Waals surface area (Å²) in [6, 6.07) is 3.66. The number of hydrogen-bond donors (Lipinski definition) is 1. The van der Waals surface area contributed by atoms with Gasteiger partial charge in [-0.1, -0.05) is 0 Å². The van der Waals surface area contributed by atoms with Gasteiger partial charge in [0.1, 0.15) is 0 Å². The van der Waals surface area contributed by atoms with Gasteiger partial charge in [-0.15, -0.1) is 11.8 Å². The number of imide groups is 1. The third-order valence-electron chi connectivity index (χ3n) is 2.97. The molecule has 2 amide bonds. The van der Waals surface area contributed by atoms with Crippen LogP contribution in [0.15, 0.2) is 24.3 Å². The first kappa shape index (κ1) is 16.3. The zero-order valence-electron chi connectivity index (χ0n) is 11.0. The minimum absolute atomic E-state index is 0.0430. The largest absolute Gasteiger partial charge is 0.481 e. The van der Waals surface area contributed by atoms with E-state index in [0.717, 1.165) is 40.9 Å². The number of amides is 2. The highest BCUT2D eigenvalue weighted by atomic mass is 32.2. The molecule has 0 aromatic heterocycles. The summed E-state index contributed by atoms with van der Waals surface area (Å²) in [6.45, 7) is 0. The molecule has 1 aliphatic rings. The Labute approximate surface area is 127 Å². The van der Waals surface area contributed by atoms with Crippen LogP contribution in [0, 0.1) is 0 Å². The molecule has 1 unspecified atom stereocenters. The lowest BCUT2D eigenvalue weighted by atomic mass is 10.2. The van der Waals surface area contributed by atoms with Crippen molar-refractivity contribution < 1.29 is 32.7 Å². The van der Waals surface area contributed by atoms with Crippen molar-refractivity contribution in [3.05, 3.63) is 29.8 Å². The quantitative estimate of drug-likeness (QED) is 0.855. The average molecular weight is 333 g/mol. The van der Waals surface area contributed by atoms with E-state index >= 15 is 0 Å². The van der Waals surface area contributed by atoms with Crippen molar-refractivity contribution in [3.63, 3.8) is 0 Å². The topological polar surface area (TPSA) is 74.7 Å². The summed E-state index contributed by atoms with van der Waals surface area (Å²) in [5.74, 6) is -2.62. The van der Waals surface area contributed by atoms with E-state index in [2.05, 4.69) is 0 Å². The summed E-state index contributed by atoms with van der Waals surface area (Å²) in [6.07, 6.45) is -4.67. The zero-order valence-corrected chi connectivity index (χ0v) is 11.8. The Kier molecular flexibility index (Phi) is 4.45. The molecule has 1 heterocycles. The molecule has 1 fully saturated rings. The Morgan fingerprint density at radius 2 is 1.86 bits per heavy atom. The number of hydrogen-bond acceptors (Lipinski definition) is 4.